The van der Waals surface area contributed by atoms with Crippen molar-refractivity contribution in [3.63, 3.8) is 0 Å². The Hall–Kier alpha value is -1.84. The molecule has 1 N–H and O–H groups in total. The van der Waals surface area contributed by atoms with Gasteiger partial charge in [-0.25, -0.2) is 9.78 Å². The van der Waals surface area contributed by atoms with Crippen LogP contribution in [0.4, 0.5) is 5.82 Å². The first-order chi connectivity index (χ1) is 8.56. The van der Waals surface area contributed by atoms with E-state index in [9.17, 15) is 4.79 Å². The van der Waals surface area contributed by atoms with E-state index < -0.39 is 5.97 Å². The molecule has 0 aliphatic carbocycles. The van der Waals surface area contributed by atoms with Crippen LogP contribution < -0.4 is 4.90 Å². The molecule has 1 aromatic rings. The quantitative estimate of drug-likeness (QED) is 0.832. The largest absolute Gasteiger partial charge is 0.478 e. The van der Waals surface area contributed by atoms with E-state index in [0.717, 1.165) is 42.0 Å². The van der Waals surface area contributed by atoms with E-state index in [1.807, 2.05) is 13.0 Å². The van der Waals surface area contributed by atoms with Crippen molar-refractivity contribution in [2.75, 3.05) is 18.0 Å². The second kappa shape index (κ2) is 5.21. The predicted octanol–water partition coefficient (Wildman–Crippen LogP) is 2.33. The number of rotatable bonds is 3. The molecule has 2 rings (SSSR count). The minimum Gasteiger partial charge on any atom is -0.478 e. The van der Waals surface area contributed by atoms with Gasteiger partial charge in [0.1, 0.15) is 5.82 Å². The lowest BCUT2D eigenvalue weighted by Gasteiger charge is -2.19. The monoisotopic (exact) mass is 246 g/mol. The Morgan fingerprint density at radius 1 is 1.61 bits per heavy atom. The van der Waals surface area contributed by atoms with Gasteiger partial charge in [0.05, 0.1) is 0 Å². The maximum atomic E-state index is 10.5. The minimum absolute atomic E-state index is 0.720. The van der Waals surface area contributed by atoms with Gasteiger partial charge in [-0.1, -0.05) is 6.92 Å². The predicted molar refractivity (Wildman–Crippen MR) is 71.6 cm³/mol. The number of pyridine rings is 1. The van der Waals surface area contributed by atoms with Crippen molar-refractivity contribution in [3.05, 3.63) is 29.5 Å². The summed E-state index contributed by atoms with van der Waals surface area (Å²) < 4.78 is 0. The smallest absolute Gasteiger partial charge is 0.328 e. The van der Waals surface area contributed by atoms with E-state index >= 15 is 0 Å². The van der Waals surface area contributed by atoms with Gasteiger partial charge in [-0.3, -0.25) is 0 Å². The number of aliphatic carboxylic acids is 1. The summed E-state index contributed by atoms with van der Waals surface area (Å²) in [4.78, 5) is 17.2. The van der Waals surface area contributed by atoms with Crippen LogP contribution in [0.25, 0.3) is 6.08 Å². The second-order valence-corrected chi connectivity index (χ2v) is 4.92. The van der Waals surface area contributed by atoms with Gasteiger partial charge < -0.3 is 10.0 Å². The molecule has 0 radical (unpaired) electrons. The molecule has 96 valence electrons. The summed E-state index contributed by atoms with van der Waals surface area (Å²) in [5, 5.41) is 8.59. The van der Waals surface area contributed by atoms with Crippen LogP contribution in [0.5, 0.6) is 0 Å². The maximum Gasteiger partial charge on any atom is 0.328 e. The summed E-state index contributed by atoms with van der Waals surface area (Å²) >= 11 is 0. The van der Waals surface area contributed by atoms with E-state index in [-0.39, 0.29) is 0 Å². The number of aromatic nitrogens is 1. The molecule has 4 heteroatoms. The Labute approximate surface area is 107 Å². The third-order valence-electron chi connectivity index (χ3n) is 3.21. The molecule has 0 bridgehead atoms. The number of nitrogens with zero attached hydrogens (tertiary/aromatic N) is 2. The summed E-state index contributed by atoms with van der Waals surface area (Å²) in [6, 6.07) is 1.98. The zero-order valence-electron chi connectivity index (χ0n) is 10.8. The lowest BCUT2D eigenvalue weighted by atomic mass is 10.1. The Morgan fingerprint density at radius 2 is 2.39 bits per heavy atom. The molecule has 18 heavy (non-hydrogen) atoms. The van der Waals surface area contributed by atoms with E-state index in [0.29, 0.717) is 0 Å². The zero-order valence-corrected chi connectivity index (χ0v) is 10.8. The summed E-state index contributed by atoms with van der Waals surface area (Å²) in [6.07, 6.45) is 5.64. The number of hydrogen-bond donors (Lipinski definition) is 1. The minimum atomic E-state index is -0.940. The van der Waals surface area contributed by atoms with Gasteiger partial charge >= 0.3 is 5.97 Å². The van der Waals surface area contributed by atoms with Gasteiger partial charge in [-0.15, -0.1) is 0 Å². The normalized spacial score (nSPS) is 19.7. The molecular formula is C14H18N2O2. The fourth-order valence-electron chi connectivity index (χ4n) is 2.31. The highest BCUT2D eigenvalue weighted by molar-refractivity contribution is 5.85. The first kappa shape index (κ1) is 12.6. The summed E-state index contributed by atoms with van der Waals surface area (Å²) in [7, 11) is 0. The Bertz CT molecular complexity index is 483. The van der Waals surface area contributed by atoms with Gasteiger partial charge in [-0.05, 0) is 42.5 Å². The molecular weight excluding hydrogens is 228 g/mol. The van der Waals surface area contributed by atoms with E-state index in [1.54, 1.807) is 12.3 Å². The van der Waals surface area contributed by atoms with Gasteiger partial charge in [0.15, 0.2) is 0 Å². The Morgan fingerprint density at radius 3 is 2.94 bits per heavy atom. The molecule has 1 unspecified atom stereocenters. The first-order valence-electron chi connectivity index (χ1n) is 6.19. The lowest BCUT2D eigenvalue weighted by Crippen LogP contribution is -2.21. The highest BCUT2D eigenvalue weighted by Crippen LogP contribution is 2.25. The van der Waals surface area contributed by atoms with Crippen LogP contribution in [-0.4, -0.2) is 29.1 Å². The average molecular weight is 246 g/mol. The number of carbonyl (C=O) groups is 1. The third kappa shape index (κ3) is 2.88. The molecule has 0 saturated carbocycles. The summed E-state index contributed by atoms with van der Waals surface area (Å²) in [5.74, 6) is 0.801. The number of carboxylic acids is 1. The van der Waals surface area contributed by atoms with Crippen molar-refractivity contribution >= 4 is 17.9 Å². The van der Waals surface area contributed by atoms with Crippen molar-refractivity contribution in [3.8, 4) is 0 Å². The fourth-order valence-corrected chi connectivity index (χ4v) is 2.31. The number of anilines is 1. The van der Waals surface area contributed by atoms with Crippen LogP contribution in [-0.2, 0) is 4.79 Å². The van der Waals surface area contributed by atoms with Crippen molar-refractivity contribution in [1.29, 1.82) is 0 Å². The van der Waals surface area contributed by atoms with Crippen molar-refractivity contribution in [2.45, 2.75) is 20.3 Å². The van der Waals surface area contributed by atoms with Crippen LogP contribution in [0, 0.1) is 12.8 Å². The standard InChI is InChI=1S/C14H18N2O2/c1-10-5-6-16(9-10)14-11(2)7-12(8-15-14)3-4-13(17)18/h3-4,7-8,10H,5-6,9H2,1-2H3,(H,17,18)/b4-3+. The Kier molecular flexibility index (Phi) is 3.65. The van der Waals surface area contributed by atoms with Gasteiger partial charge in [0, 0.05) is 25.4 Å². The molecule has 0 amide bonds. The van der Waals surface area contributed by atoms with Crippen LogP contribution in [0.1, 0.15) is 24.5 Å². The van der Waals surface area contributed by atoms with E-state index in [1.165, 1.54) is 6.42 Å². The topological polar surface area (TPSA) is 53.4 Å². The Balaban J connectivity index is 2.17. The van der Waals surface area contributed by atoms with Crippen LogP contribution >= 0.6 is 0 Å². The summed E-state index contributed by atoms with van der Waals surface area (Å²) in [5.41, 5.74) is 1.92. The van der Waals surface area contributed by atoms with Crippen LogP contribution in [0.2, 0.25) is 0 Å². The lowest BCUT2D eigenvalue weighted by molar-refractivity contribution is -0.131. The van der Waals surface area contributed by atoms with Gasteiger partial charge in [-0.2, -0.15) is 0 Å². The molecule has 2 heterocycles. The van der Waals surface area contributed by atoms with Crippen molar-refractivity contribution in [1.82, 2.24) is 4.98 Å². The zero-order chi connectivity index (χ0) is 13.1. The second-order valence-electron chi connectivity index (χ2n) is 4.92. The number of aryl methyl sites for hydroxylation is 1. The molecule has 0 aromatic carbocycles. The molecule has 1 saturated heterocycles. The molecule has 1 aromatic heterocycles. The average Bonchev–Trinajstić information content (AvgIpc) is 2.73. The molecule has 4 nitrogen and oxygen atoms in total. The molecule has 0 spiro atoms. The fraction of sp³-hybridized carbons (Fsp3) is 0.429. The van der Waals surface area contributed by atoms with E-state index in [2.05, 4.69) is 16.8 Å². The SMILES string of the molecule is Cc1cc(/C=C/C(=O)O)cnc1N1CCC(C)C1. The highest BCUT2D eigenvalue weighted by atomic mass is 16.4. The van der Waals surface area contributed by atoms with Gasteiger partial charge in [0.25, 0.3) is 0 Å². The number of carboxylic acid groups (broad SMARTS) is 1. The summed E-state index contributed by atoms with van der Waals surface area (Å²) in [6.45, 7) is 6.38. The van der Waals surface area contributed by atoms with Crippen molar-refractivity contribution in [2.24, 2.45) is 5.92 Å². The van der Waals surface area contributed by atoms with E-state index in [4.69, 9.17) is 5.11 Å². The molecule has 1 fully saturated rings. The molecule has 1 aliphatic heterocycles. The molecule has 1 atom stereocenters. The third-order valence-corrected chi connectivity index (χ3v) is 3.21. The van der Waals surface area contributed by atoms with Gasteiger partial charge in [0.2, 0.25) is 0 Å². The highest BCUT2D eigenvalue weighted by Gasteiger charge is 2.20. The number of hydrogen-bond acceptors (Lipinski definition) is 3. The first-order valence-corrected chi connectivity index (χ1v) is 6.19. The van der Waals surface area contributed by atoms with Crippen LogP contribution in [0.15, 0.2) is 18.3 Å². The van der Waals surface area contributed by atoms with Crippen molar-refractivity contribution < 1.29 is 9.90 Å². The maximum absolute atomic E-state index is 10.5. The molecule has 1 aliphatic rings. The van der Waals surface area contributed by atoms with Crippen LogP contribution in [0.3, 0.4) is 0 Å².